The second kappa shape index (κ2) is 7.89. The zero-order chi connectivity index (χ0) is 19.5. The molecule has 146 valence electrons. The zero-order valence-corrected chi connectivity index (χ0v) is 16.4. The second-order valence-corrected chi connectivity index (χ2v) is 9.18. The molecule has 0 spiro atoms. The third-order valence-corrected chi connectivity index (χ3v) is 6.37. The van der Waals surface area contributed by atoms with Gasteiger partial charge in [0, 0.05) is 38.9 Å². The standard InChI is InChI=1S/C17H27FN4O3S/c1-13(2)19-16(23)17(20-15-7-5-6-14(18)12-15)8-10-22(11-9-17)26(24,25)21(3)4/h5-7,12-13,20H,8-11H2,1-4H3,(H,19,23). The summed E-state index contributed by atoms with van der Waals surface area (Å²) in [6, 6.07) is 5.86. The maximum absolute atomic E-state index is 13.5. The van der Waals surface area contributed by atoms with Crippen LogP contribution in [0.1, 0.15) is 26.7 Å². The molecule has 0 bridgehead atoms. The highest BCUT2D eigenvalue weighted by Gasteiger charge is 2.44. The van der Waals surface area contributed by atoms with Crippen LogP contribution in [0.3, 0.4) is 0 Å². The summed E-state index contributed by atoms with van der Waals surface area (Å²) in [6.07, 6.45) is 0.574. The number of benzene rings is 1. The molecule has 26 heavy (non-hydrogen) atoms. The predicted molar refractivity (Wildman–Crippen MR) is 99.4 cm³/mol. The van der Waals surface area contributed by atoms with Crippen LogP contribution in [0, 0.1) is 5.82 Å². The number of hydrogen-bond donors (Lipinski definition) is 2. The van der Waals surface area contributed by atoms with E-state index < -0.39 is 21.6 Å². The maximum Gasteiger partial charge on any atom is 0.281 e. The van der Waals surface area contributed by atoms with Gasteiger partial charge in [0.1, 0.15) is 11.4 Å². The van der Waals surface area contributed by atoms with Crippen LogP contribution in [0.15, 0.2) is 24.3 Å². The first-order valence-electron chi connectivity index (χ1n) is 8.59. The fourth-order valence-corrected chi connectivity index (χ4v) is 4.09. The molecule has 2 rings (SSSR count). The van der Waals surface area contributed by atoms with Gasteiger partial charge < -0.3 is 10.6 Å². The van der Waals surface area contributed by atoms with Gasteiger partial charge in [-0.1, -0.05) is 6.07 Å². The minimum absolute atomic E-state index is 0.0581. The van der Waals surface area contributed by atoms with Crippen molar-refractivity contribution >= 4 is 21.8 Å². The van der Waals surface area contributed by atoms with E-state index in [0.717, 1.165) is 4.31 Å². The normalized spacial score (nSPS) is 18.1. The zero-order valence-electron chi connectivity index (χ0n) is 15.6. The topological polar surface area (TPSA) is 81.8 Å². The number of amides is 1. The van der Waals surface area contributed by atoms with Crippen LogP contribution in [0.4, 0.5) is 10.1 Å². The van der Waals surface area contributed by atoms with Crippen LogP contribution in [0.25, 0.3) is 0 Å². The second-order valence-electron chi connectivity index (χ2n) is 7.03. The lowest BCUT2D eigenvalue weighted by Crippen LogP contribution is -2.60. The number of nitrogens with zero attached hydrogens (tertiary/aromatic N) is 2. The average molecular weight is 386 g/mol. The summed E-state index contributed by atoms with van der Waals surface area (Å²) in [5.74, 6) is -0.610. The molecule has 0 aromatic heterocycles. The van der Waals surface area contributed by atoms with Crippen LogP contribution in [0.5, 0.6) is 0 Å². The van der Waals surface area contributed by atoms with Gasteiger partial charge in [0.25, 0.3) is 10.2 Å². The monoisotopic (exact) mass is 386 g/mol. The van der Waals surface area contributed by atoms with Crippen molar-refractivity contribution in [2.24, 2.45) is 0 Å². The Morgan fingerprint density at radius 3 is 2.38 bits per heavy atom. The van der Waals surface area contributed by atoms with Crippen molar-refractivity contribution < 1.29 is 17.6 Å². The van der Waals surface area contributed by atoms with Crippen LogP contribution >= 0.6 is 0 Å². The SMILES string of the molecule is CC(C)NC(=O)C1(Nc2cccc(F)c2)CCN(S(=O)(=O)N(C)C)CC1. The Hall–Kier alpha value is -1.71. The molecule has 2 N–H and O–H groups in total. The largest absolute Gasteiger partial charge is 0.371 e. The highest BCUT2D eigenvalue weighted by atomic mass is 32.2. The number of hydrogen-bond acceptors (Lipinski definition) is 4. The number of nitrogens with one attached hydrogen (secondary N) is 2. The third kappa shape index (κ3) is 4.52. The molecule has 7 nitrogen and oxygen atoms in total. The maximum atomic E-state index is 13.5. The molecule has 1 saturated heterocycles. The molecule has 0 radical (unpaired) electrons. The van der Waals surface area contributed by atoms with Gasteiger partial charge >= 0.3 is 0 Å². The molecule has 1 aliphatic rings. The number of carbonyl (C=O) groups is 1. The van der Waals surface area contributed by atoms with Crippen molar-refractivity contribution in [2.45, 2.75) is 38.3 Å². The molecular weight excluding hydrogens is 359 g/mol. The Balaban J connectivity index is 2.25. The van der Waals surface area contributed by atoms with Gasteiger partial charge in [-0.2, -0.15) is 17.0 Å². The molecule has 0 atom stereocenters. The van der Waals surface area contributed by atoms with Gasteiger partial charge in [0.2, 0.25) is 5.91 Å². The average Bonchev–Trinajstić information content (AvgIpc) is 2.54. The quantitative estimate of drug-likeness (QED) is 0.774. The van der Waals surface area contributed by atoms with E-state index in [2.05, 4.69) is 10.6 Å². The van der Waals surface area contributed by atoms with Crippen LogP contribution in [0.2, 0.25) is 0 Å². The summed E-state index contributed by atoms with van der Waals surface area (Å²) in [6.45, 7) is 4.13. The summed E-state index contributed by atoms with van der Waals surface area (Å²) in [4.78, 5) is 12.9. The van der Waals surface area contributed by atoms with Gasteiger partial charge in [-0.05, 0) is 44.9 Å². The van der Waals surface area contributed by atoms with Crippen molar-refractivity contribution in [3.8, 4) is 0 Å². The van der Waals surface area contributed by atoms with E-state index in [1.807, 2.05) is 13.8 Å². The summed E-state index contributed by atoms with van der Waals surface area (Å²) in [5.41, 5.74) is -0.496. The number of piperidine rings is 1. The van der Waals surface area contributed by atoms with Gasteiger partial charge in [-0.3, -0.25) is 4.79 Å². The molecule has 0 unspecified atom stereocenters. The van der Waals surface area contributed by atoms with Gasteiger partial charge in [0.15, 0.2) is 0 Å². The first kappa shape index (κ1) is 20.6. The van der Waals surface area contributed by atoms with E-state index in [9.17, 15) is 17.6 Å². The first-order valence-corrected chi connectivity index (χ1v) is 9.99. The molecule has 0 aliphatic carbocycles. The van der Waals surface area contributed by atoms with Gasteiger partial charge in [0.05, 0.1) is 0 Å². The smallest absolute Gasteiger partial charge is 0.281 e. The molecule has 1 amide bonds. The third-order valence-electron chi connectivity index (χ3n) is 4.43. The van der Waals surface area contributed by atoms with Crippen LogP contribution in [-0.4, -0.2) is 61.7 Å². The number of halogens is 1. The molecule has 9 heteroatoms. The van der Waals surface area contributed by atoms with E-state index in [1.165, 1.54) is 30.5 Å². The summed E-state index contributed by atoms with van der Waals surface area (Å²) >= 11 is 0. The Morgan fingerprint density at radius 2 is 1.88 bits per heavy atom. The predicted octanol–water partition coefficient (Wildman–Crippen LogP) is 1.40. The Labute approximate surface area is 154 Å². The Bertz CT molecular complexity index is 744. The lowest BCUT2D eigenvalue weighted by Gasteiger charge is -2.42. The lowest BCUT2D eigenvalue weighted by molar-refractivity contribution is -0.127. The van der Waals surface area contributed by atoms with Crippen molar-refractivity contribution in [2.75, 3.05) is 32.5 Å². The summed E-state index contributed by atoms with van der Waals surface area (Å²) in [7, 11) is -0.572. The molecule has 1 fully saturated rings. The van der Waals surface area contributed by atoms with Crippen molar-refractivity contribution in [3.63, 3.8) is 0 Å². The summed E-state index contributed by atoms with van der Waals surface area (Å²) < 4.78 is 40.7. The van der Waals surface area contributed by atoms with E-state index in [1.54, 1.807) is 12.1 Å². The number of rotatable bonds is 6. The molecule has 1 aromatic carbocycles. The van der Waals surface area contributed by atoms with E-state index in [-0.39, 0.29) is 37.9 Å². The van der Waals surface area contributed by atoms with Crippen LogP contribution < -0.4 is 10.6 Å². The molecular formula is C17H27FN4O3S. The molecule has 1 heterocycles. The van der Waals surface area contributed by atoms with Gasteiger partial charge in [-0.15, -0.1) is 0 Å². The van der Waals surface area contributed by atoms with Crippen molar-refractivity contribution in [1.29, 1.82) is 0 Å². The minimum Gasteiger partial charge on any atom is -0.371 e. The van der Waals surface area contributed by atoms with Gasteiger partial charge in [-0.25, -0.2) is 4.39 Å². The Morgan fingerprint density at radius 1 is 1.27 bits per heavy atom. The van der Waals surface area contributed by atoms with Crippen molar-refractivity contribution in [1.82, 2.24) is 13.9 Å². The van der Waals surface area contributed by atoms with Crippen LogP contribution in [-0.2, 0) is 15.0 Å². The number of carbonyl (C=O) groups excluding carboxylic acids is 1. The van der Waals surface area contributed by atoms with E-state index in [0.29, 0.717) is 5.69 Å². The first-order chi connectivity index (χ1) is 12.1. The van der Waals surface area contributed by atoms with E-state index in [4.69, 9.17) is 0 Å². The fourth-order valence-electron chi connectivity index (χ4n) is 2.98. The minimum atomic E-state index is -3.53. The lowest BCUT2D eigenvalue weighted by atomic mass is 9.86. The number of anilines is 1. The van der Waals surface area contributed by atoms with Crippen molar-refractivity contribution in [3.05, 3.63) is 30.1 Å². The highest BCUT2D eigenvalue weighted by molar-refractivity contribution is 7.86. The van der Waals surface area contributed by atoms with E-state index >= 15 is 0 Å². The Kier molecular flexibility index (Phi) is 6.25. The fraction of sp³-hybridized carbons (Fsp3) is 0.588. The summed E-state index contributed by atoms with van der Waals surface area (Å²) in [5, 5.41) is 6.05. The molecule has 1 aliphatic heterocycles. The molecule has 0 saturated carbocycles. The highest BCUT2D eigenvalue weighted by Crippen LogP contribution is 2.29. The molecule has 1 aromatic rings.